The zero-order valence-corrected chi connectivity index (χ0v) is 13.2. The van der Waals surface area contributed by atoms with Crippen LogP contribution in [-0.4, -0.2) is 29.0 Å². The predicted octanol–water partition coefficient (Wildman–Crippen LogP) is 1.54. The van der Waals surface area contributed by atoms with E-state index in [0.717, 1.165) is 36.5 Å². The highest BCUT2D eigenvalue weighted by molar-refractivity contribution is 7.19. The average Bonchev–Trinajstić information content (AvgIpc) is 2.93. The molecule has 6 heteroatoms. The summed E-state index contributed by atoms with van der Waals surface area (Å²) in [6.45, 7) is 1.36. The van der Waals surface area contributed by atoms with Gasteiger partial charge < -0.3 is 14.8 Å². The lowest BCUT2D eigenvalue weighted by Crippen LogP contribution is -2.44. The summed E-state index contributed by atoms with van der Waals surface area (Å²) in [6, 6.07) is 0. The first-order valence-electron chi connectivity index (χ1n) is 7.95. The van der Waals surface area contributed by atoms with E-state index in [2.05, 4.69) is 14.9 Å². The Labute approximate surface area is 133 Å². The number of thiophene rings is 1. The molecule has 0 saturated carbocycles. The van der Waals surface area contributed by atoms with Crippen molar-refractivity contribution < 1.29 is 9.90 Å². The molecule has 2 aliphatic rings. The summed E-state index contributed by atoms with van der Waals surface area (Å²) in [6.07, 6.45) is 7.88. The first-order valence-corrected chi connectivity index (χ1v) is 8.76. The van der Waals surface area contributed by atoms with Gasteiger partial charge in [-0.05, 0) is 44.1 Å². The molecule has 2 aromatic rings. The molecule has 1 fully saturated rings. The summed E-state index contributed by atoms with van der Waals surface area (Å²) in [5.41, 5.74) is 1.40. The van der Waals surface area contributed by atoms with Crippen LogP contribution in [0.4, 0.5) is 5.82 Å². The van der Waals surface area contributed by atoms with E-state index in [9.17, 15) is 9.90 Å². The lowest BCUT2D eigenvalue weighted by molar-refractivity contribution is -0.311. The highest BCUT2D eigenvalue weighted by Gasteiger charge is 2.26. The Hall–Kier alpha value is -1.69. The maximum Gasteiger partial charge on any atom is 0.141 e. The molecule has 3 heterocycles. The Bertz CT molecular complexity index is 727. The van der Waals surface area contributed by atoms with E-state index in [1.807, 2.05) is 0 Å². The lowest BCUT2D eigenvalue weighted by Gasteiger charge is -2.34. The maximum atomic E-state index is 11.2. The van der Waals surface area contributed by atoms with E-state index >= 15 is 0 Å². The molecule has 1 aliphatic carbocycles. The number of rotatable bonds is 2. The first kappa shape index (κ1) is 13.9. The summed E-state index contributed by atoms with van der Waals surface area (Å²) >= 11 is 1.78. The van der Waals surface area contributed by atoms with Gasteiger partial charge in [0.1, 0.15) is 17.0 Å². The van der Waals surface area contributed by atoms with Crippen molar-refractivity contribution >= 4 is 33.3 Å². The molecular formula is C16H18N3O2S-. The van der Waals surface area contributed by atoms with Crippen LogP contribution in [-0.2, 0) is 17.6 Å². The number of carbonyl (C=O) groups excluding carboxylic acids is 1. The fraction of sp³-hybridized carbons (Fsp3) is 0.562. The van der Waals surface area contributed by atoms with Crippen LogP contribution >= 0.6 is 11.3 Å². The molecule has 0 radical (unpaired) electrons. The number of aryl methyl sites for hydroxylation is 2. The fourth-order valence-electron chi connectivity index (χ4n) is 3.68. The topological polar surface area (TPSA) is 69.2 Å². The van der Waals surface area contributed by atoms with Gasteiger partial charge in [-0.3, -0.25) is 0 Å². The van der Waals surface area contributed by atoms with Crippen LogP contribution in [0.3, 0.4) is 0 Å². The van der Waals surface area contributed by atoms with Crippen LogP contribution in [0.25, 0.3) is 10.2 Å². The quantitative estimate of drug-likeness (QED) is 0.840. The molecule has 2 aromatic heterocycles. The third-order valence-electron chi connectivity index (χ3n) is 4.79. The average molecular weight is 316 g/mol. The number of carboxylic acids is 1. The van der Waals surface area contributed by atoms with Crippen LogP contribution in [0, 0.1) is 5.92 Å². The fourth-order valence-corrected chi connectivity index (χ4v) is 4.90. The van der Waals surface area contributed by atoms with Gasteiger partial charge in [0.25, 0.3) is 0 Å². The van der Waals surface area contributed by atoms with E-state index in [1.165, 1.54) is 28.7 Å². The summed E-state index contributed by atoms with van der Waals surface area (Å²) in [5.74, 6) is -0.411. The van der Waals surface area contributed by atoms with Crippen LogP contribution in [0.5, 0.6) is 0 Å². The molecule has 0 N–H and O–H groups in total. The number of aliphatic carboxylic acids is 1. The van der Waals surface area contributed by atoms with Crippen molar-refractivity contribution in [1.82, 2.24) is 9.97 Å². The third-order valence-corrected chi connectivity index (χ3v) is 5.99. The molecule has 1 aliphatic heterocycles. The van der Waals surface area contributed by atoms with E-state index in [1.54, 1.807) is 17.7 Å². The highest BCUT2D eigenvalue weighted by atomic mass is 32.1. The molecule has 0 aromatic carbocycles. The minimum atomic E-state index is -0.942. The number of hydrogen-bond donors (Lipinski definition) is 0. The Morgan fingerprint density at radius 3 is 3.00 bits per heavy atom. The molecule has 22 heavy (non-hydrogen) atoms. The number of carbonyl (C=O) groups is 1. The number of fused-ring (bicyclic) bond motifs is 3. The first-order chi connectivity index (χ1) is 10.7. The Morgan fingerprint density at radius 1 is 1.27 bits per heavy atom. The molecule has 1 saturated heterocycles. The van der Waals surface area contributed by atoms with Crippen LogP contribution in [0.2, 0.25) is 0 Å². The summed E-state index contributed by atoms with van der Waals surface area (Å²) < 4.78 is 0. The van der Waals surface area contributed by atoms with Crippen molar-refractivity contribution in [1.29, 1.82) is 0 Å². The van der Waals surface area contributed by atoms with Gasteiger partial charge >= 0.3 is 0 Å². The summed E-state index contributed by atoms with van der Waals surface area (Å²) in [5, 5.41) is 12.4. The summed E-state index contributed by atoms with van der Waals surface area (Å²) in [7, 11) is 0. The zero-order chi connectivity index (χ0) is 15.1. The van der Waals surface area contributed by atoms with Gasteiger partial charge in [-0.15, -0.1) is 11.3 Å². The van der Waals surface area contributed by atoms with Crippen LogP contribution < -0.4 is 10.0 Å². The lowest BCUT2D eigenvalue weighted by atomic mass is 9.95. The summed E-state index contributed by atoms with van der Waals surface area (Å²) in [4.78, 5) is 24.8. The number of anilines is 1. The van der Waals surface area contributed by atoms with Gasteiger partial charge in [0.15, 0.2) is 0 Å². The Kier molecular flexibility index (Phi) is 3.48. The van der Waals surface area contributed by atoms with E-state index in [0.29, 0.717) is 13.0 Å². The molecule has 0 unspecified atom stereocenters. The zero-order valence-electron chi connectivity index (χ0n) is 12.4. The normalized spacial score (nSPS) is 21.8. The maximum absolute atomic E-state index is 11.2. The van der Waals surface area contributed by atoms with Crippen LogP contribution in [0.15, 0.2) is 6.33 Å². The van der Waals surface area contributed by atoms with Gasteiger partial charge in [0.2, 0.25) is 0 Å². The van der Waals surface area contributed by atoms with E-state index in [4.69, 9.17) is 0 Å². The Balaban J connectivity index is 1.78. The highest BCUT2D eigenvalue weighted by Crippen LogP contribution is 2.39. The minimum absolute atomic E-state index is 0.395. The number of hydrogen-bond acceptors (Lipinski definition) is 6. The van der Waals surface area contributed by atoms with E-state index in [-0.39, 0.29) is 0 Å². The van der Waals surface area contributed by atoms with Crippen molar-refractivity contribution in [2.45, 2.75) is 38.5 Å². The largest absolute Gasteiger partial charge is 0.550 e. The second-order valence-corrected chi connectivity index (χ2v) is 7.28. The molecular weight excluding hydrogens is 298 g/mol. The molecule has 0 spiro atoms. The number of carboxylic acid groups (broad SMARTS) is 1. The molecule has 5 nitrogen and oxygen atoms in total. The van der Waals surface area contributed by atoms with Crippen molar-refractivity contribution in [2.24, 2.45) is 5.92 Å². The van der Waals surface area contributed by atoms with Crippen molar-refractivity contribution in [3.05, 3.63) is 16.8 Å². The van der Waals surface area contributed by atoms with Gasteiger partial charge in [-0.25, -0.2) is 9.97 Å². The minimum Gasteiger partial charge on any atom is -0.550 e. The number of piperidine rings is 1. The van der Waals surface area contributed by atoms with Gasteiger partial charge in [0.05, 0.1) is 5.39 Å². The molecule has 1 atom stereocenters. The third kappa shape index (κ3) is 2.26. The molecule has 0 amide bonds. The van der Waals surface area contributed by atoms with Crippen molar-refractivity contribution in [3.63, 3.8) is 0 Å². The monoisotopic (exact) mass is 316 g/mol. The van der Waals surface area contributed by atoms with Crippen LogP contribution in [0.1, 0.15) is 36.1 Å². The van der Waals surface area contributed by atoms with Gasteiger partial charge in [-0.2, -0.15) is 0 Å². The smallest absolute Gasteiger partial charge is 0.141 e. The van der Waals surface area contributed by atoms with Crippen molar-refractivity contribution in [3.8, 4) is 0 Å². The van der Waals surface area contributed by atoms with Gasteiger partial charge in [-0.1, -0.05) is 0 Å². The van der Waals surface area contributed by atoms with E-state index < -0.39 is 11.9 Å². The van der Waals surface area contributed by atoms with Gasteiger partial charge in [0, 0.05) is 29.9 Å². The number of aromatic nitrogens is 2. The molecule has 4 rings (SSSR count). The Morgan fingerprint density at radius 2 is 2.14 bits per heavy atom. The van der Waals surface area contributed by atoms with Crippen molar-refractivity contribution in [2.75, 3.05) is 18.0 Å². The number of nitrogens with zero attached hydrogens (tertiary/aromatic N) is 3. The SMILES string of the molecule is O=C([O-])[C@H]1CCCN(c2ncnc3sc4c(c23)CCCC4)C1. The molecule has 0 bridgehead atoms. The predicted molar refractivity (Wildman–Crippen MR) is 84.0 cm³/mol. The standard InChI is InChI=1S/C16H19N3O2S/c20-16(21)10-4-3-7-19(8-10)14-13-11-5-1-2-6-12(11)22-15(13)18-9-17-14/h9-10H,1-8H2,(H,20,21)/p-1/t10-/m0/s1. The molecule has 116 valence electrons. The second-order valence-electron chi connectivity index (χ2n) is 6.19. The second kappa shape index (κ2) is 5.50.